The van der Waals surface area contributed by atoms with Gasteiger partial charge in [0.25, 0.3) is 0 Å². The molecule has 0 aromatic carbocycles. The van der Waals surface area contributed by atoms with Crippen molar-refractivity contribution in [3.8, 4) is 0 Å². The minimum absolute atomic E-state index is 0.0315. The van der Waals surface area contributed by atoms with Gasteiger partial charge in [0.15, 0.2) is 0 Å². The molecule has 5 heteroatoms. The summed E-state index contributed by atoms with van der Waals surface area (Å²) in [5, 5.41) is 4.13. The smallest absolute Gasteiger partial charge is 0.321 e. The molecular formula is C10H19ClN2O2. The van der Waals surface area contributed by atoms with E-state index in [1.54, 1.807) is 0 Å². The van der Waals surface area contributed by atoms with Crippen LogP contribution in [-0.4, -0.2) is 23.4 Å². The monoisotopic (exact) mass is 234 g/mol. The van der Waals surface area contributed by atoms with E-state index in [0.29, 0.717) is 0 Å². The van der Waals surface area contributed by atoms with Crippen molar-refractivity contribution in [2.24, 2.45) is 5.41 Å². The van der Waals surface area contributed by atoms with Gasteiger partial charge in [-0.2, -0.15) is 0 Å². The summed E-state index contributed by atoms with van der Waals surface area (Å²) in [6, 6.07) is -0.536. The number of carbonyl (C=O) groups excluding carboxylic acids is 2. The van der Waals surface area contributed by atoms with Crippen LogP contribution in [0.2, 0.25) is 0 Å². The van der Waals surface area contributed by atoms with Gasteiger partial charge < -0.3 is 5.32 Å². The maximum absolute atomic E-state index is 11.3. The maximum atomic E-state index is 11.3. The second kappa shape index (κ2) is 5.35. The van der Waals surface area contributed by atoms with E-state index < -0.39 is 17.3 Å². The molecule has 0 spiro atoms. The Hall–Kier alpha value is -0.770. The number of imide groups is 1. The zero-order valence-corrected chi connectivity index (χ0v) is 10.6. The van der Waals surface area contributed by atoms with Gasteiger partial charge in [0, 0.05) is 6.04 Å². The van der Waals surface area contributed by atoms with Gasteiger partial charge in [-0.3, -0.25) is 10.1 Å². The number of urea groups is 1. The number of rotatable bonds is 2. The number of amides is 3. The highest BCUT2D eigenvalue weighted by Crippen LogP contribution is 2.18. The Labute approximate surface area is 95.7 Å². The number of alkyl halides is 1. The van der Waals surface area contributed by atoms with Crippen LogP contribution in [0.3, 0.4) is 0 Å². The summed E-state index contributed by atoms with van der Waals surface area (Å²) < 4.78 is 0. The molecule has 0 radical (unpaired) electrons. The van der Waals surface area contributed by atoms with E-state index in [-0.39, 0.29) is 11.5 Å². The third kappa shape index (κ3) is 5.62. The summed E-state index contributed by atoms with van der Waals surface area (Å²) in [6.45, 7) is 9.41. The van der Waals surface area contributed by atoms with E-state index in [0.717, 1.165) is 0 Å². The first-order valence-corrected chi connectivity index (χ1v) is 5.33. The lowest BCUT2D eigenvalue weighted by Crippen LogP contribution is -2.49. The van der Waals surface area contributed by atoms with Crippen LogP contribution in [0.25, 0.3) is 0 Å². The summed E-state index contributed by atoms with van der Waals surface area (Å²) in [5.74, 6) is -0.490. The quantitative estimate of drug-likeness (QED) is 0.717. The van der Waals surface area contributed by atoms with Gasteiger partial charge in [0.1, 0.15) is 5.38 Å². The molecule has 2 unspecified atom stereocenters. The van der Waals surface area contributed by atoms with E-state index >= 15 is 0 Å². The molecule has 0 aromatic heterocycles. The van der Waals surface area contributed by atoms with E-state index in [1.165, 1.54) is 6.92 Å². The fraction of sp³-hybridized carbons (Fsp3) is 0.800. The molecule has 0 aliphatic carbocycles. The molecular weight excluding hydrogens is 216 g/mol. The van der Waals surface area contributed by atoms with Crippen LogP contribution in [0.4, 0.5) is 4.79 Å². The largest absolute Gasteiger partial charge is 0.335 e. The fourth-order valence-corrected chi connectivity index (χ4v) is 0.715. The van der Waals surface area contributed by atoms with Crippen molar-refractivity contribution in [2.75, 3.05) is 0 Å². The minimum Gasteiger partial charge on any atom is -0.335 e. The molecule has 88 valence electrons. The van der Waals surface area contributed by atoms with E-state index in [4.69, 9.17) is 11.6 Å². The van der Waals surface area contributed by atoms with Gasteiger partial charge in [-0.25, -0.2) is 4.79 Å². The normalized spacial score (nSPS) is 15.3. The Morgan fingerprint density at radius 2 is 1.67 bits per heavy atom. The van der Waals surface area contributed by atoms with Crippen LogP contribution < -0.4 is 10.6 Å². The minimum atomic E-state index is -0.708. The van der Waals surface area contributed by atoms with Crippen molar-refractivity contribution in [2.45, 2.75) is 46.0 Å². The predicted octanol–water partition coefficient (Wildman–Crippen LogP) is 1.87. The SMILES string of the molecule is CC(Cl)C(=O)NC(=O)NC(C)C(C)(C)C. The number of hydrogen-bond acceptors (Lipinski definition) is 2. The lowest BCUT2D eigenvalue weighted by molar-refractivity contribution is -0.119. The van der Waals surface area contributed by atoms with Gasteiger partial charge in [0.05, 0.1) is 0 Å². The second-order valence-corrected chi connectivity index (χ2v) is 5.32. The zero-order chi connectivity index (χ0) is 12.2. The first-order chi connectivity index (χ1) is 6.64. The molecule has 0 bridgehead atoms. The molecule has 0 rings (SSSR count). The predicted molar refractivity (Wildman–Crippen MR) is 60.9 cm³/mol. The van der Waals surface area contributed by atoms with Crippen molar-refractivity contribution in [3.05, 3.63) is 0 Å². The number of nitrogens with one attached hydrogen (secondary N) is 2. The highest BCUT2D eigenvalue weighted by molar-refractivity contribution is 6.31. The summed E-state index contributed by atoms with van der Waals surface area (Å²) >= 11 is 5.51. The third-order valence-electron chi connectivity index (χ3n) is 2.24. The average Bonchev–Trinajstić information content (AvgIpc) is 2.01. The summed E-state index contributed by atoms with van der Waals surface area (Å²) in [4.78, 5) is 22.4. The molecule has 2 N–H and O–H groups in total. The highest BCUT2D eigenvalue weighted by Gasteiger charge is 2.22. The Morgan fingerprint density at radius 3 is 2.00 bits per heavy atom. The molecule has 4 nitrogen and oxygen atoms in total. The zero-order valence-electron chi connectivity index (χ0n) is 9.85. The molecule has 0 aromatic rings. The molecule has 15 heavy (non-hydrogen) atoms. The van der Waals surface area contributed by atoms with Gasteiger partial charge in [-0.1, -0.05) is 20.8 Å². The van der Waals surface area contributed by atoms with E-state index in [2.05, 4.69) is 10.6 Å². The Morgan fingerprint density at radius 1 is 1.20 bits per heavy atom. The standard InChI is InChI=1S/C10H19ClN2O2/c1-6(11)8(14)13-9(15)12-7(2)10(3,4)5/h6-7H,1-5H3,(H2,12,13,14,15). The number of carbonyl (C=O) groups is 2. The van der Waals surface area contributed by atoms with Crippen molar-refractivity contribution in [3.63, 3.8) is 0 Å². The molecule has 0 saturated carbocycles. The van der Waals surface area contributed by atoms with Gasteiger partial charge in [-0.15, -0.1) is 11.6 Å². The number of halogens is 1. The van der Waals surface area contributed by atoms with Gasteiger partial charge in [0.2, 0.25) is 5.91 Å². The van der Waals surface area contributed by atoms with Crippen molar-refractivity contribution in [1.82, 2.24) is 10.6 Å². The molecule has 2 atom stereocenters. The van der Waals surface area contributed by atoms with Crippen LogP contribution in [0.15, 0.2) is 0 Å². The molecule has 0 fully saturated rings. The molecule has 0 aliphatic rings. The maximum Gasteiger partial charge on any atom is 0.321 e. The highest BCUT2D eigenvalue weighted by atomic mass is 35.5. The Bertz CT molecular complexity index is 246. The van der Waals surface area contributed by atoms with Crippen molar-refractivity contribution >= 4 is 23.5 Å². The average molecular weight is 235 g/mol. The topological polar surface area (TPSA) is 58.2 Å². The van der Waals surface area contributed by atoms with Gasteiger partial charge in [-0.05, 0) is 19.3 Å². The summed E-state index contributed by atoms with van der Waals surface area (Å²) in [5.41, 5.74) is -0.0486. The van der Waals surface area contributed by atoms with Crippen LogP contribution >= 0.6 is 11.6 Å². The Balaban J connectivity index is 4.11. The number of hydrogen-bond donors (Lipinski definition) is 2. The fourth-order valence-electron chi connectivity index (χ4n) is 0.661. The molecule has 0 heterocycles. The van der Waals surface area contributed by atoms with Crippen molar-refractivity contribution < 1.29 is 9.59 Å². The molecule has 0 saturated heterocycles. The lowest BCUT2D eigenvalue weighted by atomic mass is 9.88. The van der Waals surface area contributed by atoms with Crippen molar-refractivity contribution in [1.29, 1.82) is 0 Å². The van der Waals surface area contributed by atoms with Crippen LogP contribution in [0.1, 0.15) is 34.6 Å². The van der Waals surface area contributed by atoms with E-state index in [1.807, 2.05) is 27.7 Å². The van der Waals surface area contributed by atoms with Crippen LogP contribution in [-0.2, 0) is 4.79 Å². The van der Waals surface area contributed by atoms with Gasteiger partial charge >= 0.3 is 6.03 Å². The summed E-state index contributed by atoms with van der Waals surface area (Å²) in [7, 11) is 0. The van der Waals surface area contributed by atoms with Crippen LogP contribution in [0, 0.1) is 5.41 Å². The lowest BCUT2D eigenvalue weighted by Gasteiger charge is -2.27. The molecule has 3 amide bonds. The second-order valence-electron chi connectivity index (χ2n) is 4.67. The first kappa shape index (κ1) is 14.2. The van der Waals surface area contributed by atoms with Crippen LogP contribution in [0.5, 0.6) is 0 Å². The van der Waals surface area contributed by atoms with E-state index in [9.17, 15) is 9.59 Å². The summed E-state index contributed by atoms with van der Waals surface area (Å²) in [6.07, 6.45) is 0. The molecule has 0 aliphatic heterocycles. The third-order valence-corrected chi connectivity index (χ3v) is 2.44. The first-order valence-electron chi connectivity index (χ1n) is 4.90. The Kier molecular flexibility index (Phi) is 5.08.